The molecule has 0 unspecified atom stereocenters. The van der Waals surface area contributed by atoms with E-state index in [-0.39, 0.29) is 11.1 Å². The first-order chi connectivity index (χ1) is 13.9. The highest BCUT2D eigenvalue weighted by Crippen LogP contribution is 2.34. The van der Waals surface area contributed by atoms with Crippen LogP contribution in [0.25, 0.3) is 10.2 Å². The van der Waals surface area contributed by atoms with Crippen LogP contribution in [0.4, 0.5) is 5.69 Å². The van der Waals surface area contributed by atoms with Crippen molar-refractivity contribution < 1.29 is 10.0 Å². The highest BCUT2D eigenvalue weighted by Gasteiger charge is 2.22. The molecule has 1 aromatic carbocycles. The molecule has 29 heavy (non-hydrogen) atoms. The van der Waals surface area contributed by atoms with Crippen molar-refractivity contribution in [3.8, 4) is 5.75 Å². The van der Waals surface area contributed by atoms with Gasteiger partial charge in [0, 0.05) is 22.9 Å². The molecule has 0 atom stereocenters. The lowest BCUT2D eigenvalue weighted by Gasteiger charge is -2.10. The molecule has 4 rings (SSSR count). The largest absolute Gasteiger partial charge is 0.502 e. The molecule has 0 amide bonds. The Bertz CT molecular complexity index is 1230. The number of benzene rings is 1. The van der Waals surface area contributed by atoms with E-state index in [0.717, 1.165) is 36.1 Å². The second-order valence-electron chi connectivity index (χ2n) is 7.11. The Morgan fingerprint density at radius 1 is 1.38 bits per heavy atom. The molecule has 8 nitrogen and oxygen atoms in total. The zero-order valence-corrected chi connectivity index (χ0v) is 17.0. The minimum absolute atomic E-state index is 0.179. The average molecular weight is 412 g/mol. The Hall–Kier alpha value is -3.07. The summed E-state index contributed by atoms with van der Waals surface area (Å²) in [5.74, 6) is 0.0383. The van der Waals surface area contributed by atoms with Crippen LogP contribution in [0.1, 0.15) is 47.2 Å². The SMILES string of the molecule is CCc1nc2sc3c(c2c(=O)n1/N=C/c1cc(C)cc([N+](=O)[O-])c1O)CCCC3. The smallest absolute Gasteiger partial charge is 0.311 e. The van der Waals surface area contributed by atoms with E-state index in [0.29, 0.717) is 23.2 Å². The molecular formula is C20H20N4O4S. The van der Waals surface area contributed by atoms with E-state index in [4.69, 9.17) is 0 Å². The lowest BCUT2D eigenvalue weighted by molar-refractivity contribution is -0.385. The summed E-state index contributed by atoms with van der Waals surface area (Å²) in [6, 6.07) is 2.88. The van der Waals surface area contributed by atoms with Crippen molar-refractivity contribution in [2.24, 2.45) is 5.10 Å². The summed E-state index contributed by atoms with van der Waals surface area (Å²) in [4.78, 5) is 30.4. The van der Waals surface area contributed by atoms with Crippen molar-refractivity contribution in [3.05, 3.63) is 60.0 Å². The summed E-state index contributed by atoms with van der Waals surface area (Å²) in [5, 5.41) is 26.3. The van der Waals surface area contributed by atoms with Gasteiger partial charge in [0.1, 0.15) is 10.7 Å². The van der Waals surface area contributed by atoms with Crippen LogP contribution in [0.15, 0.2) is 22.0 Å². The van der Waals surface area contributed by atoms with Gasteiger partial charge in [0.25, 0.3) is 5.56 Å². The van der Waals surface area contributed by atoms with E-state index in [2.05, 4.69) is 10.1 Å². The minimum atomic E-state index is -0.644. The number of rotatable bonds is 4. The zero-order chi connectivity index (χ0) is 20.7. The maximum absolute atomic E-state index is 13.2. The van der Waals surface area contributed by atoms with Crippen LogP contribution in [0, 0.1) is 17.0 Å². The monoisotopic (exact) mass is 412 g/mol. The molecule has 0 radical (unpaired) electrons. The van der Waals surface area contributed by atoms with E-state index < -0.39 is 16.4 Å². The Kier molecular flexibility index (Phi) is 4.91. The molecule has 3 aromatic rings. The van der Waals surface area contributed by atoms with Crippen LogP contribution in [-0.4, -0.2) is 25.9 Å². The number of aromatic nitrogens is 2. The van der Waals surface area contributed by atoms with Gasteiger partial charge in [0.05, 0.1) is 16.5 Å². The number of nitro groups is 1. The number of phenols is 1. The molecular weight excluding hydrogens is 392 g/mol. The fraction of sp³-hybridized carbons (Fsp3) is 0.350. The first-order valence-electron chi connectivity index (χ1n) is 9.49. The van der Waals surface area contributed by atoms with Gasteiger partial charge in [-0.25, -0.2) is 4.98 Å². The maximum Gasteiger partial charge on any atom is 0.311 e. The summed E-state index contributed by atoms with van der Waals surface area (Å²) in [7, 11) is 0. The first-order valence-corrected chi connectivity index (χ1v) is 10.3. The molecule has 0 spiro atoms. The molecule has 1 aliphatic rings. The summed E-state index contributed by atoms with van der Waals surface area (Å²) in [6.45, 7) is 3.58. The minimum Gasteiger partial charge on any atom is -0.502 e. The summed E-state index contributed by atoms with van der Waals surface area (Å²) in [6.07, 6.45) is 5.80. The fourth-order valence-electron chi connectivity index (χ4n) is 3.73. The molecule has 150 valence electrons. The molecule has 0 bridgehead atoms. The van der Waals surface area contributed by atoms with Crippen molar-refractivity contribution in [3.63, 3.8) is 0 Å². The summed E-state index contributed by atoms with van der Waals surface area (Å²) < 4.78 is 1.25. The van der Waals surface area contributed by atoms with Gasteiger partial charge in [0.15, 0.2) is 0 Å². The number of hydrogen-bond donors (Lipinski definition) is 1. The van der Waals surface area contributed by atoms with E-state index in [9.17, 15) is 20.0 Å². The van der Waals surface area contributed by atoms with Crippen LogP contribution in [0.5, 0.6) is 5.75 Å². The molecule has 0 saturated heterocycles. The third-order valence-corrected chi connectivity index (χ3v) is 6.31. The van der Waals surface area contributed by atoms with Crippen molar-refractivity contribution >= 4 is 33.5 Å². The Morgan fingerprint density at radius 3 is 2.86 bits per heavy atom. The van der Waals surface area contributed by atoms with Crippen LogP contribution in [0.2, 0.25) is 0 Å². The number of nitro benzene ring substituents is 1. The van der Waals surface area contributed by atoms with Crippen LogP contribution >= 0.6 is 11.3 Å². The van der Waals surface area contributed by atoms with Crippen molar-refractivity contribution in [2.45, 2.75) is 46.0 Å². The van der Waals surface area contributed by atoms with E-state index in [1.54, 1.807) is 24.3 Å². The van der Waals surface area contributed by atoms with E-state index >= 15 is 0 Å². The van der Waals surface area contributed by atoms with Crippen molar-refractivity contribution in [1.82, 2.24) is 9.66 Å². The third-order valence-electron chi connectivity index (χ3n) is 5.12. The van der Waals surface area contributed by atoms with Gasteiger partial charge in [-0.2, -0.15) is 9.78 Å². The van der Waals surface area contributed by atoms with Gasteiger partial charge in [-0.15, -0.1) is 11.3 Å². The molecule has 1 aliphatic carbocycles. The van der Waals surface area contributed by atoms with Crippen molar-refractivity contribution in [2.75, 3.05) is 0 Å². The lowest BCUT2D eigenvalue weighted by Crippen LogP contribution is -2.22. The maximum atomic E-state index is 13.2. The number of thiophene rings is 1. The number of hydrogen-bond acceptors (Lipinski definition) is 7. The lowest BCUT2D eigenvalue weighted by atomic mass is 9.97. The summed E-state index contributed by atoms with van der Waals surface area (Å²) in [5.41, 5.74) is 1.24. The Labute approximate surface area is 170 Å². The zero-order valence-electron chi connectivity index (χ0n) is 16.1. The van der Waals surface area contributed by atoms with Crippen LogP contribution in [0.3, 0.4) is 0 Å². The number of fused-ring (bicyclic) bond motifs is 3. The molecule has 0 fully saturated rings. The Balaban J connectivity index is 1.88. The molecule has 2 aromatic heterocycles. The van der Waals surface area contributed by atoms with Crippen molar-refractivity contribution in [1.29, 1.82) is 0 Å². The van der Waals surface area contributed by atoms with Gasteiger partial charge in [-0.3, -0.25) is 14.9 Å². The second-order valence-corrected chi connectivity index (χ2v) is 8.20. The van der Waals surface area contributed by atoms with E-state index in [1.807, 2.05) is 6.92 Å². The molecule has 0 saturated carbocycles. The van der Waals surface area contributed by atoms with Crippen LogP contribution in [-0.2, 0) is 19.3 Å². The first kappa shape index (κ1) is 19.3. The van der Waals surface area contributed by atoms with Gasteiger partial charge in [0.2, 0.25) is 5.75 Å². The van der Waals surface area contributed by atoms with Gasteiger partial charge >= 0.3 is 5.69 Å². The topological polar surface area (TPSA) is 111 Å². The number of phenolic OH excluding ortho intramolecular Hbond substituents is 1. The average Bonchev–Trinajstić information content (AvgIpc) is 3.07. The van der Waals surface area contributed by atoms with Gasteiger partial charge in [-0.1, -0.05) is 6.92 Å². The quantitative estimate of drug-likeness (QED) is 0.399. The molecule has 2 heterocycles. The molecule has 0 aliphatic heterocycles. The molecule has 1 N–H and O–H groups in total. The number of nitrogens with zero attached hydrogens (tertiary/aromatic N) is 4. The third kappa shape index (κ3) is 3.31. The fourth-order valence-corrected chi connectivity index (χ4v) is 5.00. The number of aromatic hydroxyl groups is 1. The molecule has 9 heteroatoms. The van der Waals surface area contributed by atoms with E-state index in [1.165, 1.54) is 21.8 Å². The standard InChI is InChI=1S/C20H20N4O4S/c1-3-16-22-19-17(13-6-4-5-7-15(13)29-19)20(26)23(16)21-10-12-8-11(2)9-14(18(12)25)24(27)28/h8-10,25H,3-7H2,1-2H3/b21-10+. The highest BCUT2D eigenvalue weighted by molar-refractivity contribution is 7.18. The van der Waals surface area contributed by atoms with Crippen LogP contribution < -0.4 is 5.56 Å². The van der Waals surface area contributed by atoms with Gasteiger partial charge < -0.3 is 5.11 Å². The predicted octanol–water partition coefficient (Wildman–Crippen LogP) is 3.70. The predicted molar refractivity (Wildman–Crippen MR) is 112 cm³/mol. The highest BCUT2D eigenvalue weighted by atomic mass is 32.1. The Morgan fingerprint density at radius 2 is 2.14 bits per heavy atom. The summed E-state index contributed by atoms with van der Waals surface area (Å²) >= 11 is 1.58. The normalized spacial score (nSPS) is 13.9. The van der Waals surface area contributed by atoms with Gasteiger partial charge in [-0.05, 0) is 49.8 Å². The second kappa shape index (κ2) is 7.40. The number of aryl methyl sites for hydroxylation is 4.